The molecular formula is C17H22F3N5O2. The van der Waals surface area contributed by atoms with E-state index in [1.807, 2.05) is 0 Å². The molecular weight excluding hydrogens is 363 g/mol. The van der Waals surface area contributed by atoms with Crippen molar-refractivity contribution in [2.45, 2.75) is 12.6 Å². The first-order valence-electron chi connectivity index (χ1n) is 8.51. The van der Waals surface area contributed by atoms with E-state index in [9.17, 15) is 13.2 Å². The first-order chi connectivity index (χ1) is 12.8. The summed E-state index contributed by atoms with van der Waals surface area (Å²) in [5.74, 6) is 1.76. The SMILES string of the molecule is COc1cc2nc(NCC3CCN(CC(F)(F)F)C3)nc(N)c2cc1OC. The van der Waals surface area contributed by atoms with Crippen LogP contribution in [0.1, 0.15) is 6.42 Å². The fourth-order valence-electron chi connectivity index (χ4n) is 3.27. The van der Waals surface area contributed by atoms with Crippen molar-refractivity contribution < 1.29 is 22.6 Å². The van der Waals surface area contributed by atoms with Crippen LogP contribution in [0.15, 0.2) is 12.1 Å². The van der Waals surface area contributed by atoms with E-state index < -0.39 is 12.7 Å². The van der Waals surface area contributed by atoms with E-state index in [1.54, 1.807) is 12.1 Å². The van der Waals surface area contributed by atoms with Crippen LogP contribution in [0.2, 0.25) is 0 Å². The van der Waals surface area contributed by atoms with Crippen molar-refractivity contribution in [1.82, 2.24) is 14.9 Å². The Balaban J connectivity index is 1.69. The fraction of sp³-hybridized carbons (Fsp3) is 0.529. The molecule has 0 spiro atoms. The fourth-order valence-corrected chi connectivity index (χ4v) is 3.27. The van der Waals surface area contributed by atoms with Crippen LogP contribution in [-0.2, 0) is 0 Å². The van der Waals surface area contributed by atoms with Crippen molar-refractivity contribution >= 4 is 22.7 Å². The first kappa shape index (κ1) is 19.3. The van der Waals surface area contributed by atoms with Crippen LogP contribution in [0.4, 0.5) is 24.9 Å². The minimum Gasteiger partial charge on any atom is -0.493 e. The summed E-state index contributed by atoms with van der Waals surface area (Å²) < 4.78 is 48.0. The number of nitrogen functional groups attached to an aromatic ring is 1. The quantitative estimate of drug-likeness (QED) is 0.790. The molecule has 0 bridgehead atoms. The molecule has 0 radical (unpaired) electrons. The summed E-state index contributed by atoms with van der Waals surface area (Å²) in [5, 5.41) is 3.72. The molecule has 0 amide bonds. The number of aromatic nitrogens is 2. The van der Waals surface area contributed by atoms with E-state index in [-0.39, 0.29) is 11.7 Å². The van der Waals surface area contributed by atoms with E-state index >= 15 is 0 Å². The van der Waals surface area contributed by atoms with Crippen LogP contribution in [0.3, 0.4) is 0 Å². The number of nitrogens with one attached hydrogen (secondary N) is 1. The van der Waals surface area contributed by atoms with Gasteiger partial charge in [0.15, 0.2) is 11.5 Å². The third kappa shape index (κ3) is 4.62. The van der Waals surface area contributed by atoms with Gasteiger partial charge in [-0.1, -0.05) is 0 Å². The van der Waals surface area contributed by atoms with Gasteiger partial charge in [-0.3, -0.25) is 4.90 Å². The number of anilines is 2. The lowest BCUT2D eigenvalue weighted by atomic mass is 10.1. The van der Waals surface area contributed by atoms with E-state index in [1.165, 1.54) is 19.1 Å². The number of methoxy groups -OCH3 is 2. The average molecular weight is 385 g/mol. The summed E-state index contributed by atoms with van der Waals surface area (Å²) in [7, 11) is 3.06. The highest BCUT2D eigenvalue weighted by Gasteiger charge is 2.34. The molecule has 27 heavy (non-hydrogen) atoms. The average Bonchev–Trinajstić information content (AvgIpc) is 3.04. The largest absolute Gasteiger partial charge is 0.493 e. The monoisotopic (exact) mass is 385 g/mol. The van der Waals surface area contributed by atoms with Gasteiger partial charge in [0.1, 0.15) is 5.82 Å². The van der Waals surface area contributed by atoms with E-state index in [0.717, 1.165) is 0 Å². The van der Waals surface area contributed by atoms with E-state index in [4.69, 9.17) is 15.2 Å². The maximum atomic E-state index is 12.5. The molecule has 1 aromatic carbocycles. The van der Waals surface area contributed by atoms with Crippen LogP contribution in [-0.4, -0.2) is 61.4 Å². The van der Waals surface area contributed by atoms with Crippen LogP contribution >= 0.6 is 0 Å². The number of halogens is 3. The van der Waals surface area contributed by atoms with Gasteiger partial charge in [0.05, 0.1) is 26.3 Å². The Hall–Kier alpha value is -2.49. The molecule has 2 heterocycles. The number of ether oxygens (including phenoxy) is 2. The Morgan fingerprint density at radius 1 is 1.22 bits per heavy atom. The normalized spacial score (nSPS) is 18.0. The number of hydrogen-bond donors (Lipinski definition) is 2. The highest BCUT2D eigenvalue weighted by molar-refractivity contribution is 5.91. The van der Waals surface area contributed by atoms with Gasteiger partial charge >= 0.3 is 6.18 Å². The van der Waals surface area contributed by atoms with Gasteiger partial charge < -0.3 is 20.5 Å². The first-order valence-corrected chi connectivity index (χ1v) is 8.51. The molecule has 1 unspecified atom stereocenters. The molecule has 7 nitrogen and oxygen atoms in total. The van der Waals surface area contributed by atoms with Crippen molar-refractivity contribution in [3.05, 3.63) is 12.1 Å². The summed E-state index contributed by atoms with van der Waals surface area (Å²) >= 11 is 0. The minimum absolute atomic E-state index is 0.0956. The van der Waals surface area contributed by atoms with Crippen LogP contribution in [0, 0.1) is 5.92 Å². The molecule has 1 fully saturated rings. The summed E-state index contributed by atoms with van der Waals surface area (Å²) in [6.07, 6.45) is -3.48. The molecule has 1 saturated heterocycles. The maximum absolute atomic E-state index is 12.5. The predicted molar refractivity (Wildman–Crippen MR) is 96.1 cm³/mol. The minimum atomic E-state index is -4.17. The Morgan fingerprint density at radius 2 is 1.93 bits per heavy atom. The molecule has 10 heteroatoms. The van der Waals surface area contributed by atoms with Crippen LogP contribution in [0.5, 0.6) is 11.5 Å². The standard InChI is InChI=1S/C17H22F3N5O2/c1-26-13-5-11-12(6-14(13)27-2)23-16(24-15(11)21)22-7-10-3-4-25(8-10)9-17(18,19)20/h5-6,10H,3-4,7-9H2,1-2H3,(H3,21,22,23,24). The number of alkyl halides is 3. The van der Waals surface area contributed by atoms with Gasteiger partial charge in [0.2, 0.25) is 5.95 Å². The van der Waals surface area contributed by atoms with E-state index in [2.05, 4.69) is 15.3 Å². The number of fused-ring (bicyclic) bond motifs is 1. The second kappa shape index (κ2) is 7.63. The Kier molecular flexibility index (Phi) is 5.45. The van der Waals surface area contributed by atoms with Crippen molar-refractivity contribution in [3.8, 4) is 11.5 Å². The molecule has 1 aliphatic heterocycles. The smallest absolute Gasteiger partial charge is 0.401 e. The zero-order chi connectivity index (χ0) is 19.6. The Bertz CT molecular complexity index is 815. The maximum Gasteiger partial charge on any atom is 0.401 e. The van der Waals surface area contributed by atoms with Gasteiger partial charge in [-0.2, -0.15) is 18.2 Å². The number of benzene rings is 1. The molecule has 3 rings (SSSR count). The molecule has 0 saturated carbocycles. The molecule has 148 valence electrons. The number of nitrogens with two attached hydrogens (primary N) is 1. The topological polar surface area (TPSA) is 85.5 Å². The zero-order valence-corrected chi connectivity index (χ0v) is 15.1. The summed E-state index contributed by atoms with van der Waals surface area (Å²) in [6.45, 7) is 0.432. The predicted octanol–water partition coefficient (Wildman–Crippen LogP) is 2.53. The number of likely N-dealkylation sites (tertiary alicyclic amines) is 1. The van der Waals surface area contributed by atoms with Crippen LogP contribution < -0.4 is 20.5 Å². The molecule has 3 N–H and O–H groups in total. The lowest BCUT2D eigenvalue weighted by Gasteiger charge is -2.18. The highest BCUT2D eigenvalue weighted by Crippen LogP contribution is 2.33. The summed E-state index contributed by atoms with van der Waals surface area (Å²) in [6, 6.07) is 3.41. The lowest BCUT2D eigenvalue weighted by molar-refractivity contribution is -0.143. The molecule has 0 aliphatic carbocycles. The van der Waals surface area contributed by atoms with Crippen molar-refractivity contribution in [2.24, 2.45) is 5.92 Å². The van der Waals surface area contributed by atoms with Crippen LogP contribution in [0.25, 0.3) is 10.9 Å². The number of nitrogens with zero attached hydrogens (tertiary/aromatic N) is 3. The molecule has 1 aliphatic rings. The highest BCUT2D eigenvalue weighted by atomic mass is 19.4. The third-order valence-electron chi connectivity index (χ3n) is 4.55. The third-order valence-corrected chi connectivity index (χ3v) is 4.55. The van der Waals surface area contributed by atoms with Gasteiger partial charge in [-0.15, -0.1) is 0 Å². The van der Waals surface area contributed by atoms with Gasteiger partial charge in [0.25, 0.3) is 0 Å². The van der Waals surface area contributed by atoms with Gasteiger partial charge in [-0.05, 0) is 24.9 Å². The van der Waals surface area contributed by atoms with Crippen molar-refractivity contribution in [3.63, 3.8) is 0 Å². The van der Waals surface area contributed by atoms with Crippen molar-refractivity contribution in [2.75, 3.05) is 51.4 Å². The molecule has 1 aromatic heterocycles. The number of hydrogen-bond acceptors (Lipinski definition) is 7. The zero-order valence-electron chi connectivity index (χ0n) is 15.1. The second-order valence-corrected chi connectivity index (χ2v) is 6.54. The van der Waals surface area contributed by atoms with E-state index in [0.29, 0.717) is 54.4 Å². The molecule has 1 atom stereocenters. The summed E-state index contributed by atoms with van der Waals surface area (Å²) in [4.78, 5) is 10.1. The Labute approximate surface area is 154 Å². The number of rotatable bonds is 6. The second-order valence-electron chi connectivity index (χ2n) is 6.54. The van der Waals surface area contributed by atoms with Gasteiger partial charge in [0, 0.05) is 24.5 Å². The lowest BCUT2D eigenvalue weighted by Crippen LogP contribution is -2.33. The Morgan fingerprint density at radius 3 is 2.59 bits per heavy atom. The van der Waals surface area contributed by atoms with Gasteiger partial charge in [-0.25, -0.2) is 4.98 Å². The van der Waals surface area contributed by atoms with Crippen molar-refractivity contribution in [1.29, 1.82) is 0 Å². The molecule has 2 aromatic rings. The summed E-state index contributed by atoms with van der Waals surface area (Å²) in [5.41, 5.74) is 6.62.